The van der Waals surface area contributed by atoms with Gasteiger partial charge in [-0.3, -0.25) is 13.9 Å². The number of fused-ring (bicyclic) bond motifs is 1. The van der Waals surface area contributed by atoms with Crippen molar-refractivity contribution in [2.24, 2.45) is 0 Å². The van der Waals surface area contributed by atoms with E-state index in [2.05, 4.69) is 13.1 Å². The van der Waals surface area contributed by atoms with Gasteiger partial charge in [0.05, 0.1) is 11.6 Å². The lowest BCUT2D eigenvalue weighted by Crippen LogP contribution is -2.35. The zero-order valence-corrected chi connectivity index (χ0v) is 19.5. The molecular weight excluding hydrogens is 535 g/mol. The molecule has 6 N–H and O–H groups in total. The molecule has 1 aliphatic rings. The van der Waals surface area contributed by atoms with Crippen LogP contribution in [0.5, 0.6) is 0 Å². The second kappa shape index (κ2) is 9.57. The zero-order chi connectivity index (χ0) is 24.8. The molecule has 2 unspecified atom stereocenters. The number of halogens is 1. The Labute approximate surface area is 189 Å². The van der Waals surface area contributed by atoms with Crippen molar-refractivity contribution in [2.45, 2.75) is 24.5 Å². The fraction of sp³-hybridized carbons (Fsp3) is 0.357. The van der Waals surface area contributed by atoms with Gasteiger partial charge in [-0.1, -0.05) is 29.8 Å². The van der Waals surface area contributed by atoms with Gasteiger partial charge >= 0.3 is 23.5 Å². The van der Waals surface area contributed by atoms with Crippen molar-refractivity contribution in [1.29, 1.82) is 0 Å². The van der Waals surface area contributed by atoms with Crippen LogP contribution in [0.15, 0.2) is 35.3 Å². The van der Waals surface area contributed by atoms with E-state index in [-0.39, 0.29) is 10.4 Å². The lowest BCUT2D eigenvalue weighted by atomic mass is 10.1. The summed E-state index contributed by atoms with van der Waals surface area (Å²) in [6.07, 6.45) is -5.37. The van der Waals surface area contributed by atoms with Crippen molar-refractivity contribution >= 4 is 45.8 Å². The van der Waals surface area contributed by atoms with Gasteiger partial charge in [-0.15, -0.1) is 0 Å². The Balaban J connectivity index is 1.75. The number of nitrogens with zero attached hydrogens (tertiary/aromatic N) is 1. The number of rotatable bonds is 8. The average molecular weight is 552 g/mol. The SMILES string of the molecule is O=c1c2ccccc2c(Cl)cn1[C@@H]1O[C@H](COP(=O)(O)OP(=O)(O)OP(=O)(O)O)[C@@H](O)[C@H]1O. The summed E-state index contributed by atoms with van der Waals surface area (Å²) in [4.78, 5) is 48.4. The number of hydrogen-bond donors (Lipinski definition) is 6. The van der Waals surface area contributed by atoms with Crippen molar-refractivity contribution in [2.75, 3.05) is 6.61 Å². The Hall–Kier alpha value is -0.990. The van der Waals surface area contributed by atoms with E-state index < -0.39 is 60.2 Å². The third kappa shape index (κ3) is 6.37. The van der Waals surface area contributed by atoms with E-state index >= 15 is 0 Å². The Morgan fingerprint density at radius 2 is 1.58 bits per heavy atom. The number of phosphoric ester groups is 1. The van der Waals surface area contributed by atoms with E-state index in [0.717, 1.165) is 10.8 Å². The number of benzene rings is 1. The van der Waals surface area contributed by atoms with Gasteiger partial charge in [0.2, 0.25) is 0 Å². The first-order valence-electron chi connectivity index (χ1n) is 8.69. The van der Waals surface area contributed by atoms with Gasteiger partial charge in [0.25, 0.3) is 5.56 Å². The summed E-state index contributed by atoms with van der Waals surface area (Å²) >= 11 is 6.17. The first-order valence-corrected chi connectivity index (χ1v) is 13.6. The largest absolute Gasteiger partial charge is 0.490 e. The highest BCUT2D eigenvalue weighted by molar-refractivity contribution is 7.66. The normalized spacial score (nSPS) is 27.4. The highest BCUT2D eigenvalue weighted by Crippen LogP contribution is 2.66. The third-order valence-corrected chi connectivity index (χ3v) is 8.43. The maximum absolute atomic E-state index is 12.8. The monoisotopic (exact) mass is 551 g/mol. The standard InChI is InChI=1S/C14H17ClNO14P3/c15-9-5-16(13(19)8-4-2-1-3-7(8)9)14-12(18)11(17)10(28-14)6-27-32(23,24)30-33(25,26)29-31(20,21)22/h1-5,10-12,14,17-18H,6H2,(H,23,24)(H,25,26)(H2,20,21,22)/t10-,11-,12-,14-/m1/s1. The molecule has 1 aromatic carbocycles. The Bertz CT molecular complexity index is 1250. The molecule has 15 nitrogen and oxygen atoms in total. The maximum atomic E-state index is 12.8. The summed E-state index contributed by atoms with van der Waals surface area (Å²) in [5, 5.41) is 21.3. The molecule has 1 aliphatic heterocycles. The van der Waals surface area contributed by atoms with Crippen molar-refractivity contribution < 1.29 is 61.4 Å². The molecule has 0 radical (unpaired) electrons. The number of aromatic nitrogens is 1. The molecule has 3 rings (SSSR count). The molecule has 6 atom stereocenters. The van der Waals surface area contributed by atoms with E-state index in [1.165, 1.54) is 6.07 Å². The molecule has 0 saturated carbocycles. The lowest BCUT2D eigenvalue weighted by molar-refractivity contribution is -0.0533. The van der Waals surface area contributed by atoms with Gasteiger partial charge in [-0.2, -0.15) is 8.62 Å². The molecule has 1 fully saturated rings. The molecule has 2 heterocycles. The van der Waals surface area contributed by atoms with Gasteiger partial charge < -0.3 is 34.5 Å². The van der Waals surface area contributed by atoms with Crippen LogP contribution in [0.4, 0.5) is 0 Å². The minimum Gasteiger partial charge on any atom is -0.387 e. The minimum atomic E-state index is -5.73. The van der Waals surface area contributed by atoms with Crippen LogP contribution in [-0.2, 0) is 31.6 Å². The molecule has 0 bridgehead atoms. The molecule has 0 amide bonds. The predicted octanol–water partition coefficient (Wildman–Crippen LogP) is 0.617. The van der Waals surface area contributed by atoms with E-state index in [1.807, 2.05) is 0 Å². The maximum Gasteiger partial charge on any atom is 0.490 e. The lowest BCUT2D eigenvalue weighted by Gasteiger charge is -2.19. The van der Waals surface area contributed by atoms with Crippen molar-refractivity contribution in [1.82, 2.24) is 4.57 Å². The predicted molar refractivity (Wildman–Crippen MR) is 109 cm³/mol. The van der Waals surface area contributed by atoms with Crippen LogP contribution in [0.1, 0.15) is 6.23 Å². The quantitative estimate of drug-likeness (QED) is 0.247. The molecule has 1 saturated heterocycles. The van der Waals surface area contributed by atoms with Gasteiger partial charge in [0, 0.05) is 17.0 Å². The van der Waals surface area contributed by atoms with Gasteiger partial charge in [-0.25, -0.2) is 13.7 Å². The fourth-order valence-electron chi connectivity index (χ4n) is 3.02. The zero-order valence-electron chi connectivity index (χ0n) is 16.0. The van der Waals surface area contributed by atoms with E-state index in [0.29, 0.717) is 5.39 Å². The van der Waals surface area contributed by atoms with Crippen molar-refractivity contribution in [3.05, 3.63) is 45.8 Å². The smallest absolute Gasteiger partial charge is 0.387 e. The molecule has 19 heteroatoms. The molecule has 1 aromatic heterocycles. The second-order valence-corrected chi connectivity index (χ2v) is 11.5. The van der Waals surface area contributed by atoms with Crippen molar-refractivity contribution in [3.8, 4) is 0 Å². The van der Waals surface area contributed by atoms with Crippen LogP contribution in [0.3, 0.4) is 0 Å². The van der Waals surface area contributed by atoms with Crippen molar-refractivity contribution in [3.63, 3.8) is 0 Å². The number of aliphatic hydroxyl groups excluding tert-OH is 2. The topological polar surface area (TPSA) is 232 Å². The first kappa shape index (κ1) is 26.6. The van der Waals surface area contributed by atoms with Crippen LogP contribution >= 0.6 is 35.1 Å². The summed E-state index contributed by atoms with van der Waals surface area (Å²) < 4.78 is 51.6. The average Bonchev–Trinajstić information content (AvgIpc) is 2.95. The summed E-state index contributed by atoms with van der Waals surface area (Å²) in [5.74, 6) is 0. The number of phosphoric acid groups is 3. The van der Waals surface area contributed by atoms with E-state index in [1.54, 1.807) is 18.2 Å². The summed E-state index contributed by atoms with van der Waals surface area (Å²) in [5.41, 5.74) is -0.625. The highest BCUT2D eigenvalue weighted by atomic mass is 35.5. The summed E-state index contributed by atoms with van der Waals surface area (Å²) in [7, 11) is -16.8. The van der Waals surface area contributed by atoms with Crippen LogP contribution in [0.2, 0.25) is 5.02 Å². The summed E-state index contributed by atoms with van der Waals surface area (Å²) in [6, 6.07) is 6.30. The van der Waals surface area contributed by atoms with Crippen LogP contribution in [-0.4, -0.2) is 59.3 Å². The van der Waals surface area contributed by atoms with E-state index in [4.69, 9.17) is 31.0 Å². The number of aliphatic hydroxyl groups is 2. The molecule has 184 valence electrons. The third-order valence-electron chi connectivity index (χ3n) is 4.33. The molecule has 2 aromatic rings. The minimum absolute atomic E-state index is 0.132. The van der Waals surface area contributed by atoms with E-state index in [9.17, 15) is 33.6 Å². The number of hydrogen-bond acceptors (Lipinski definition) is 10. The van der Waals surface area contributed by atoms with Gasteiger partial charge in [0.15, 0.2) is 6.23 Å². The Morgan fingerprint density at radius 1 is 0.970 bits per heavy atom. The number of ether oxygens (including phenoxy) is 1. The second-order valence-electron chi connectivity index (χ2n) is 6.67. The molecular formula is C14H17ClNO14P3. The van der Waals surface area contributed by atoms with Crippen LogP contribution in [0, 0.1) is 0 Å². The highest BCUT2D eigenvalue weighted by Gasteiger charge is 2.46. The first-order chi connectivity index (χ1) is 15.1. The molecule has 33 heavy (non-hydrogen) atoms. The van der Waals surface area contributed by atoms with Gasteiger partial charge in [-0.05, 0) is 6.07 Å². The van der Waals surface area contributed by atoms with Gasteiger partial charge in [0.1, 0.15) is 18.3 Å². The number of pyridine rings is 1. The molecule has 0 aliphatic carbocycles. The Kier molecular flexibility index (Phi) is 7.72. The molecule has 0 spiro atoms. The van der Waals surface area contributed by atoms with Crippen LogP contribution in [0.25, 0.3) is 10.8 Å². The fourth-order valence-corrected chi connectivity index (χ4v) is 6.32. The van der Waals surface area contributed by atoms with Crippen LogP contribution < -0.4 is 5.56 Å². The Morgan fingerprint density at radius 3 is 2.18 bits per heavy atom. The summed E-state index contributed by atoms with van der Waals surface area (Å²) in [6.45, 7) is -1.02.